The van der Waals surface area contributed by atoms with E-state index in [9.17, 15) is 37.9 Å². The van der Waals surface area contributed by atoms with Gasteiger partial charge < -0.3 is 39.0 Å². The SMILES string of the molecule is Cc1cc([C@H](C(=O)N2C[C@@H](O)C[C@@H]2C(=O)NCc2ccc(-c3scnc3C)cc2OCCCOCCCCCOc2ccc(N3C(=S)N(c4ccc(C#N)c(C(F)(F)F)c4)C(=O)C3(C)C)cc2)C(C)C)on1. The number of anilines is 2. The average Bonchev–Trinajstić information content (AvgIpc) is 4.12. The summed E-state index contributed by atoms with van der Waals surface area (Å²) >= 11 is 7.17. The summed E-state index contributed by atoms with van der Waals surface area (Å²) in [4.78, 5) is 50.7. The Morgan fingerprint density at radius 3 is 2.36 bits per heavy atom. The van der Waals surface area contributed by atoms with Crippen molar-refractivity contribution in [3.63, 3.8) is 0 Å². The van der Waals surface area contributed by atoms with Crippen molar-refractivity contribution in [3.05, 3.63) is 106 Å². The van der Waals surface area contributed by atoms with Crippen LogP contribution in [0.15, 0.2) is 76.8 Å². The molecular formula is C52H58F3N7O8S2. The molecule has 0 unspecified atom stereocenters. The van der Waals surface area contributed by atoms with Crippen molar-refractivity contribution in [1.29, 1.82) is 5.26 Å². The molecule has 3 atom stereocenters. The van der Waals surface area contributed by atoms with Gasteiger partial charge in [-0.2, -0.15) is 18.4 Å². The Morgan fingerprint density at radius 2 is 1.69 bits per heavy atom. The minimum absolute atomic E-state index is 0.00759. The van der Waals surface area contributed by atoms with Gasteiger partial charge >= 0.3 is 6.18 Å². The van der Waals surface area contributed by atoms with Crippen LogP contribution in [-0.2, 0) is 31.8 Å². The van der Waals surface area contributed by atoms with E-state index < -0.39 is 46.8 Å². The van der Waals surface area contributed by atoms with E-state index in [0.717, 1.165) is 58.0 Å². The molecule has 3 aromatic carbocycles. The van der Waals surface area contributed by atoms with Crippen LogP contribution in [0.3, 0.4) is 0 Å². The molecule has 4 heterocycles. The fraction of sp³-hybridized carbons (Fsp3) is 0.442. The van der Waals surface area contributed by atoms with Crippen LogP contribution in [0.1, 0.15) is 99.6 Å². The summed E-state index contributed by atoms with van der Waals surface area (Å²) in [6, 6.07) is 18.3. The molecule has 0 spiro atoms. The van der Waals surface area contributed by atoms with Gasteiger partial charge in [-0.15, -0.1) is 11.3 Å². The molecule has 2 N–H and O–H groups in total. The van der Waals surface area contributed by atoms with Crippen molar-refractivity contribution in [2.24, 2.45) is 5.92 Å². The lowest BCUT2D eigenvalue weighted by Gasteiger charge is -2.29. The number of alkyl halides is 3. The number of nitriles is 1. The molecule has 7 rings (SSSR count). The maximum absolute atomic E-state index is 13.9. The van der Waals surface area contributed by atoms with Crippen LogP contribution in [0.2, 0.25) is 0 Å². The number of benzene rings is 3. The molecule has 0 saturated carbocycles. The molecule has 2 aliphatic heterocycles. The molecule has 0 bridgehead atoms. The number of ether oxygens (including phenoxy) is 3. The van der Waals surface area contributed by atoms with Crippen molar-refractivity contribution in [1.82, 2.24) is 20.4 Å². The second kappa shape index (κ2) is 23.0. The monoisotopic (exact) mass is 1030 g/mol. The number of amides is 3. The number of nitrogens with one attached hydrogen (secondary N) is 1. The summed E-state index contributed by atoms with van der Waals surface area (Å²) in [6.07, 6.45) is -2.46. The lowest BCUT2D eigenvalue weighted by atomic mass is 9.91. The first-order valence-corrected chi connectivity index (χ1v) is 25.0. The minimum Gasteiger partial charge on any atom is -0.494 e. The summed E-state index contributed by atoms with van der Waals surface area (Å²) in [5, 5.41) is 26.8. The van der Waals surface area contributed by atoms with Crippen molar-refractivity contribution in [2.75, 3.05) is 42.8 Å². The molecular weight excluding hydrogens is 972 g/mol. The number of carbonyl (C=O) groups excluding carboxylic acids is 3. The largest absolute Gasteiger partial charge is 0.494 e. The quantitative estimate of drug-likeness (QED) is 0.0524. The molecule has 382 valence electrons. The maximum Gasteiger partial charge on any atom is 0.417 e. The molecule has 0 radical (unpaired) electrons. The average molecular weight is 1030 g/mol. The zero-order valence-corrected chi connectivity index (χ0v) is 42.6. The van der Waals surface area contributed by atoms with E-state index in [4.69, 9.17) is 31.0 Å². The van der Waals surface area contributed by atoms with Gasteiger partial charge in [-0.25, -0.2) is 4.98 Å². The number of hydrogen-bond acceptors (Lipinski definition) is 13. The van der Waals surface area contributed by atoms with Crippen molar-refractivity contribution in [3.8, 4) is 28.0 Å². The number of rotatable bonds is 21. The van der Waals surface area contributed by atoms with Crippen LogP contribution in [0, 0.1) is 31.1 Å². The zero-order valence-electron chi connectivity index (χ0n) is 41.0. The molecule has 72 heavy (non-hydrogen) atoms. The summed E-state index contributed by atoms with van der Waals surface area (Å²) in [5.74, 6) is -0.342. The highest BCUT2D eigenvalue weighted by molar-refractivity contribution is 7.81. The lowest BCUT2D eigenvalue weighted by Crippen LogP contribution is -2.48. The zero-order chi connectivity index (χ0) is 51.9. The summed E-state index contributed by atoms with van der Waals surface area (Å²) < 4.78 is 64.9. The third-order valence-electron chi connectivity index (χ3n) is 12.6. The Kier molecular flexibility index (Phi) is 17.1. The highest BCUT2D eigenvalue weighted by Gasteiger charge is 2.51. The molecule has 15 nitrogen and oxygen atoms in total. The summed E-state index contributed by atoms with van der Waals surface area (Å²) in [7, 11) is 0. The van der Waals surface area contributed by atoms with Crippen LogP contribution in [0.5, 0.6) is 11.5 Å². The highest BCUT2D eigenvalue weighted by Crippen LogP contribution is 2.40. The minimum atomic E-state index is -4.80. The first-order chi connectivity index (χ1) is 34.3. The molecule has 2 aliphatic rings. The number of thiazole rings is 1. The molecule has 5 aromatic rings. The van der Waals surface area contributed by atoms with Gasteiger partial charge in [0.15, 0.2) is 5.11 Å². The second-order valence-corrected chi connectivity index (χ2v) is 19.9. The van der Waals surface area contributed by atoms with Gasteiger partial charge in [0, 0.05) is 56.5 Å². The topological polar surface area (TPSA) is 184 Å². The van der Waals surface area contributed by atoms with Gasteiger partial charge in [-0.05, 0) is 119 Å². The van der Waals surface area contributed by atoms with E-state index in [2.05, 4.69) is 15.5 Å². The normalized spacial score (nSPS) is 17.2. The predicted molar refractivity (Wildman–Crippen MR) is 269 cm³/mol. The number of thiocarbonyl (C=S) groups is 1. The number of carbonyl (C=O) groups is 3. The number of aliphatic hydroxyl groups excluding tert-OH is 1. The third kappa shape index (κ3) is 12.1. The summed E-state index contributed by atoms with van der Waals surface area (Å²) in [6.45, 7) is 12.8. The summed E-state index contributed by atoms with van der Waals surface area (Å²) in [5.41, 5.74) is 2.59. The number of aryl methyl sites for hydroxylation is 2. The van der Waals surface area contributed by atoms with Gasteiger partial charge in [0.2, 0.25) is 11.8 Å². The fourth-order valence-electron chi connectivity index (χ4n) is 8.87. The van der Waals surface area contributed by atoms with Crippen molar-refractivity contribution in [2.45, 2.75) is 110 Å². The number of unbranched alkanes of at least 4 members (excludes halogenated alkanes) is 2. The van der Waals surface area contributed by atoms with E-state index in [0.29, 0.717) is 61.5 Å². The number of halogens is 3. The van der Waals surface area contributed by atoms with Gasteiger partial charge in [0.25, 0.3) is 5.91 Å². The standard InChI is InChI=1S/C52H58F3N7O8S2/c1-31(2)45(44-23-32(3)59-70-44)48(65)60-29-39(63)26-42(60)47(64)57-28-36-12-11-34(46-33(4)58-30-72-46)24-43(36)69-22-10-20-67-19-8-7-9-21-68-40-17-15-37(16-18-40)62-50(71)61(49(66)51(62,5)6)38-14-13-35(27-56)41(25-38)52(53,54)55/h11-18,23-25,30-31,39,42,45,63H,7-10,19-22,26,28-29H2,1-6H3,(H,57,64)/t39-,42+,45+/m0/s1. The second-order valence-electron chi connectivity index (χ2n) is 18.7. The lowest BCUT2D eigenvalue weighted by molar-refractivity contribution is -0.141. The Morgan fingerprint density at radius 1 is 0.986 bits per heavy atom. The number of aromatic nitrogens is 2. The number of aliphatic hydroxyl groups is 1. The maximum atomic E-state index is 13.9. The predicted octanol–water partition coefficient (Wildman–Crippen LogP) is 9.27. The van der Waals surface area contributed by atoms with Crippen LogP contribution in [-0.4, -0.2) is 93.6 Å². The van der Waals surface area contributed by atoms with Crippen molar-refractivity contribution < 1.29 is 51.4 Å². The Bertz CT molecular complexity index is 2790. The highest BCUT2D eigenvalue weighted by atomic mass is 32.1. The number of hydrogen-bond donors (Lipinski definition) is 2. The van der Waals surface area contributed by atoms with E-state index in [1.54, 1.807) is 67.6 Å². The van der Waals surface area contributed by atoms with Crippen molar-refractivity contribution >= 4 is 57.8 Å². The Hall–Kier alpha value is -6.40. The number of nitrogens with zero attached hydrogens (tertiary/aromatic N) is 6. The van der Waals surface area contributed by atoms with E-state index in [1.165, 1.54) is 22.3 Å². The van der Waals surface area contributed by atoms with Crippen LogP contribution < -0.4 is 24.6 Å². The van der Waals surface area contributed by atoms with Crippen LogP contribution in [0.4, 0.5) is 24.5 Å². The molecule has 2 saturated heterocycles. The van der Waals surface area contributed by atoms with E-state index in [-0.39, 0.29) is 48.0 Å². The first-order valence-electron chi connectivity index (χ1n) is 23.8. The molecule has 3 amide bonds. The number of likely N-dealkylation sites (tertiary alicyclic amines) is 1. The van der Waals surface area contributed by atoms with Gasteiger partial charge in [-0.1, -0.05) is 31.1 Å². The van der Waals surface area contributed by atoms with Crippen LogP contribution in [0.25, 0.3) is 10.4 Å². The third-order valence-corrected chi connectivity index (χ3v) is 14.0. The molecule has 0 aliphatic carbocycles. The van der Waals surface area contributed by atoms with Crippen LogP contribution >= 0.6 is 23.6 Å². The van der Waals surface area contributed by atoms with E-state index >= 15 is 0 Å². The molecule has 2 aromatic heterocycles. The molecule has 20 heteroatoms. The number of β-amino-alcohol motifs (C(OH)–C–C–N with tert-alkyl or cyclic N) is 1. The van der Waals surface area contributed by atoms with Gasteiger partial charge in [-0.3, -0.25) is 19.3 Å². The smallest absolute Gasteiger partial charge is 0.417 e. The van der Waals surface area contributed by atoms with Gasteiger partial charge in [0.1, 0.15) is 34.8 Å². The fourth-order valence-corrected chi connectivity index (χ4v) is 10.2. The van der Waals surface area contributed by atoms with Gasteiger partial charge in [0.05, 0.1) is 64.0 Å². The molecule has 2 fully saturated rings. The Balaban J connectivity index is 0.847. The van der Waals surface area contributed by atoms with E-state index in [1.807, 2.05) is 39.0 Å². The first kappa shape index (κ1) is 53.4. The Labute approximate surface area is 425 Å².